The maximum absolute atomic E-state index is 10.7. The van der Waals surface area contributed by atoms with Crippen molar-refractivity contribution in [3.8, 4) is 11.1 Å². The van der Waals surface area contributed by atoms with Crippen LogP contribution in [0.3, 0.4) is 0 Å². The van der Waals surface area contributed by atoms with Gasteiger partial charge in [-0.1, -0.05) is 59.6 Å². The molecule has 0 aliphatic carbocycles. The summed E-state index contributed by atoms with van der Waals surface area (Å²) in [6.45, 7) is 3.40. The van der Waals surface area contributed by atoms with E-state index in [9.17, 15) is 4.79 Å². The quantitative estimate of drug-likeness (QED) is 0.734. The molecule has 0 unspecified atom stereocenters. The Morgan fingerprint density at radius 2 is 1.81 bits per heavy atom. The minimum Gasteiger partial charge on any atom is -0.370 e. The molecule has 142 valence electrons. The number of nitrogens with two attached hydrogens (primary N) is 1. The van der Waals surface area contributed by atoms with Crippen LogP contribution in [0.25, 0.3) is 17.2 Å². The summed E-state index contributed by atoms with van der Waals surface area (Å²) in [5.74, 6) is -0.418. The number of carbonyl (C=O) groups is 1. The van der Waals surface area contributed by atoms with Crippen molar-refractivity contribution in [2.45, 2.75) is 12.8 Å². The van der Waals surface area contributed by atoms with Gasteiger partial charge in [0, 0.05) is 24.7 Å². The molecule has 2 aromatic carbocycles. The van der Waals surface area contributed by atoms with Crippen molar-refractivity contribution in [2.24, 2.45) is 5.73 Å². The highest BCUT2D eigenvalue weighted by atomic mass is 35.5. The highest BCUT2D eigenvalue weighted by molar-refractivity contribution is 6.30. The molecule has 0 spiro atoms. The molecular formula is C22H25ClN2O2. The fraction of sp³-hybridized carbons (Fsp3) is 0.318. The summed E-state index contributed by atoms with van der Waals surface area (Å²) in [4.78, 5) is 13.0. The van der Waals surface area contributed by atoms with Crippen LogP contribution in [-0.4, -0.2) is 43.7 Å². The third-order valence-corrected chi connectivity index (χ3v) is 5.02. The maximum Gasteiger partial charge on any atom is 0.243 e. The minimum absolute atomic E-state index is 0.000471. The van der Waals surface area contributed by atoms with Crippen molar-refractivity contribution < 1.29 is 9.53 Å². The van der Waals surface area contributed by atoms with Gasteiger partial charge in [-0.15, -0.1) is 0 Å². The topological polar surface area (TPSA) is 55.6 Å². The van der Waals surface area contributed by atoms with Crippen LogP contribution in [0.1, 0.15) is 18.4 Å². The van der Waals surface area contributed by atoms with Gasteiger partial charge in [0.2, 0.25) is 5.91 Å². The second kappa shape index (κ2) is 9.70. The van der Waals surface area contributed by atoms with Crippen molar-refractivity contribution in [3.63, 3.8) is 0 Å². The maximum atomic E-state index is 10.7. The van der Waals surface area contributed by atoms with E-state index in [2.05, 4.69) is 47.4 Å². The molecule has 1 heterocycles. The van der Waals surface area contributed by atoms with E-state index in [1.165, 1.54) is 22.3 Å². The number of hydrogen-bond acceptors (Lipinski definition) is 3. The molecule has 0 atom stereocenters. The second-order valence-electron chi connectivity index (χ2n) is 6.76. The van der Waals surface area contributed by atoms with E-state index in [1.54, 1.807) is 0 Å². The van der Waals surface area contributed by atoms with Crippen LogP contribution in [0.15, 0.2) is 54.1 Å². The Balaban J connectivity index is 1.60. The van der Waals surface area contributed by atoms with Crippen molar-refractivity contribution in [1.82, 2.24) is 4.90 Å². The Morgan fingerprint density at radius 3 is 2.52 bits per heavy atom. The lowest BCUT2D eigenvalue weighted by atomic mass is 9.95. The Labute approximate surface area is 165 Å². The van der Waals surface area contributed by atoms with Crippen molar-refractivity contribution in [1.29, 1.82) is 0 Å². The summed E-state index contributed by atoms with van der Waals surface area (Å²) in [6.07, 6.45) is 4.42. The lowest BCUT2D eigenvalue weighted by Crippen LogP contribution is -2.34. The SMILES string of the molecule is NC(=O)COCCN1CCC(=Cc2ccccc2-c2ccc(Cl)cc2)CC1. The van der Waals surface area contributed by atoms with Gasteiger partial charge in [0.05, 0.1) is 6.61 Å². The molecule has 2 N–H and O–H groups in total. The number of amides is 1. The molecule has 4 nitrogen and oxygen atoms in total. The minimum atomic E-state index is -0.418. The molecule has 2 aromatic rings. The fourth-order valence-corrected chi connectivity index (χ4v) is 3.44. The lowest BCUT2D eigenvalue weighted by Gasteiger charge is -2.28. The van der Waals surface area contributed by atoms with E-state index in [-0.39, 0.29) is 6.61 Å². The van der Waals surface area contributed by atoms with Crippen LogP contribution >= 0.6 is 11.6 Å². The first-order valence-corrected chi connectivity index (χ1v) is 9.62. The molecule has 0 aromatic heterocycles. The second-order valence-corrected chi connectivity index (χ2v) is 7.19. The first-order chi connectivity index (χ1) is 13.1. The van der Waals surface area contributed by atoms with Crippen LogP contribution < -0.4 is 5.73 Å². The summed E-state index contributed by atoms with van der Waals surface area (Å²) in [5, 5.41) is 0.752. The Kier molecular flexibility index (Phi) is 7.04. The number of hydrogen-bond donors (Lipinski definition) is 1. The molecule has 5 heteroatoms. The number of piperidine rings is 1. The molecule has 1 fully saturated rings. The van der Waals surface area contributed by atoms with Crippen LogP contribution in [0.4, 0.5) is 0 Å². The summed E-state index contributed by atoms with van der Waals surface area (Å²) >= 11 is 6.02. The van der Waals surface area contributed by atoms with Gasteiger partial charge < -0.3 is 15.4 Å². The predicted molar refractivity (Wildman–Crippen MR) is 111 cm³/mol. The monoisotopic (exact) mass is 384 g/mol. The summed E-state index contributed by atoms with van der Waals surface area (Å²) in [5.41, 5.74) is 10.2. The molecule has 0 radical (unpaired) electrons. The summed E-state index contributed by atoms with van der Waals surface area (Å²) < 4.78 is 5.25. The van der Waals surface area contributed by atoms with Crippen molar-refractivity contribution in [2.75, 3.05) is 32.8 Å². The van der Waals surface area contributed by atoms with E-state index < -0.39 is 5.91 Å². The number of benzene rings is 2. The molecule has 27 heavy (non-hydrogen) atoms. The number of nitrogens with zero attached hydrogens (tertiary/aromatic N) is 1. The molecule has 0 bridgehead atoms. The van der Waals surface area contributed by atoms with E-state index in [0.717, 1.165) is 37.5 Å². The van der Waals surface area contributed by atoms with Gasteiger partial charge >= 0.3 is 0 Å². The van der Waals surface area contributed by atoms with Gasteiger partial charge in [-0.3, -0.25) is 4.79 Å². The predicted octanol–water partition coefficient (Wildman–Crippen LogP) is 3.99. The number of carbonyl (C=O) groups excluding carboxylic acids is 1. The van der Waals surface area contributed by atoms with Gasteiger partial charge in [0.15, 0.2) is 0 Å². The van der Waals surface area contributed by atoms with Gasteiger partial charge in [-0.25, -0.2) is 0 Å². The number of primary amides is 1. The first-order valence-electron chi connectivity index (χ1n) is 9.24. The molecule has 1 saturated heterocycles. The average molecular weight is 385 g/mol. The summed E-state index contributed by atoms with van der Waals surface area (Å²) in [7, 11) is 0. The number of ether oxygens (including phenoxy) is 1. The number of rotatable bonds is 7. The highest BCUT2D eigenvalue weighted by Gasteiger charge is 2.14. The van der Waals surface area contributed by atoms with Gasteiger partial charge in [-0.2, -0.15) is 0 Å². The summed E-state index contributed by atoms with van der Waals surface area (Å²) in [6, 6.07) is 16.5. The zero-order chi connectivity index (χ0) is 19.1. The lowest BCUT2D eigenvalue weighted by molar-refractivity contribution is -0.122. The molecule has 1 aliphatic rings. The third-order valence-electron chi connectivity index (χ3n) is 4.77. The number of halogens is 1. The average Bonchev–Trinajstić information content (AvgIpc) is 2.68. The fourth-order valence-electron chi connectivity index (χ4n) is 3.31. The number of likely N-dealkylation sites (tertiary alicyclic amines) is 1. The van der Waals surface area contributed by atoms with E-state index >= 15 is 0 Å². The van der Waals surface area contributed by atoms with Crippen molar-refractivity contribution in [3.05, 3.63) is 64.7 Å². The Bertz CT molecular complexity index is 792. The van der Waals surface area contributed by atoms with Crippen molar-refractivity contribution >= 4 is 23.6 Å². The van der Waals surface area contributed by atoms with E-state index in [0.29, 0.717) is 6.61 Å². The molecular weight excluding hydrogens is 360 g/mol. The zero-order valence-corrected chi connectivity index (χ0v) is 16.1. The van der Waals surface area contributed by atoms with E-state index in [4.69, 9.17) is 22.1 Å². The molecule has 3 rings (SSSR count). The molecule has 0 saturated carbocycles. The largest absolute Gasteiger partial charge is 0.370 e. The van der Waals surface area contributed by atoms with Crippen LogP contribution in [0, 0.1) is 0 Å². The first kappa shape index (κ1) is 19.6. The van der Waals surface area contributed by atoms with Crippen LogP contribution in [-0.2, 0) is 9.53 Å². The van der Waals surface area contributed by atoms with Gasteiger partial charge in [-0.05, 0) is 41.7 Å². The molecule has 1 aliphatic heterocycles. The zero-order valence-electron chi connectivity index (χ0n) is 15.4. The molecule has 1 amide bonds. The highest BCUT2D eigenvalue weighted by Crippen LogP contribution is 2.28. The Hall–Kier alpha value is -2.14. The van der Waals surface area contributed by atoms with Gasteiger partial charge in [0.25, 0.3) is 0 Å². The van der Waals surface area contributed by atoms with E-state index in [1.807, 2.05) is 12.1 Å². The van der Waals surface area contributed by atoms with Crippen LogP contribution in [0.2, 0.25) is 5.02 Å². The normalized spacial score (nSPS) is 14.9. The van der Waals surface area contributed by atoms with Crippen LogP contribution in [0.5, 0.6) is 0 Å². The standard InChI is InChI=1S/C22H25ClN2O2/c23-20-7-5-18(6-8-20)21-4-2-1-3-19(21)15-17-9-11-25(12-10-17)13-14-27-16-22(24)26/h1-8,15H,9-14,16H2,(H2,24,26). The smallest absolute Gasteiger partial charge is 0.243 e. The third kappa shape index (κ3) is 5.93. The van der Waals surface area contributed by atoms with Gasteiger partial charge in [0.1, 0.15) is 6.61 Å². The Morgan fingerprint density at radius 1 is 1.11 bits per heavy atom.